The highest BCUT2D eigenvalue weighted by molar-refractivity contribution is 7.71. The Labute approximate surface area is 123 Å². The predicted octanol–water partition coefficient (Wildman–Crippen LogP) is 4.34. The molecule has 0 unspecified atom stereocenters. The van der Waals surface area contributed by atoms with E-state index < -0.39 is 0 Å². The molecule has 2 heterocycles. The number of pyridine rings is 1. The number of nitrogens with one attached hydrogen (secondary N) is 1. The molecule has 0 saturated heterocycles. The molecule has 1 N–H and O–H groups in total. The third-order valence-corrected chi connectivity index (χ3v) is 3.69. The molecule has 0 atom stereocenters. The van der Waals surface area contributed by atoms with Crippen molar-refractivity contribution >= 4 is 23.4 Å². The van der Waals surface area contributed by atoms with Gasteiger partial charge in [-0.15, -0.1) is 0 Å². The number of hydrogen-bond donors (Lipinski definition) is 1. The van der Waals surface area contributed by atoms with E-state index in [0.717, 1.165) is 35.4 Å². The van der Waals surface area contributed by atoms with Gasteiger partial charge in [0, 0.05) is 11.4 Å². The van der Waals surface area contributed by atoms with Gasteiger partial charge in [0.2, 0.25) is 0 Å². The maximum absolute atomic E-state index is 5.43. The van der Waals surface area contributed by atoms with Crippen molar-refractivity contribution in [3.8, 4) is 5.69 Å². The molecule has 2 aromatic heterocycles. The minimum absolute atomic E-state index is 0.682. The molecule has 0 aliphatic heterocycles. The Morgan fingerprint density at radius 1 is 1.15 bits per heavy atom. The lowest BCUT2D eigenvalue weighted by Gasteiger charge is -2.06. The number of imidazole rings is 1. The van der Waals surface area contributed by atoms with Gasteiger partial charge >= 0.3 is 0 Å². The van der Waals surface area contributed by atoms with Crippen molar-refractivity contribution in [3.63, 3.8) is 0 Å². The van der Waals surface area contributed by atoms with Crippen molar-refractivity contribution in [1.82, 2.24) is 14.5 Å². The first-order chi connectivity index (χ1) is 9.69. The molecule has 0 aliphatic rings. The molecule has 0 amide bonds. The van der Waals surface area contributed by atoms with Gasteiger partial charge in [-0.25, -0.2) is 4.98 Å². The summed E-state index contributed by atoms with van der Waals surface area (Å²) in [6, 6.07) is 12.6. The van der Waals surface area contributed by atoms with Crippen molar-refractivity contribution in [2.24, 2.45) is 0 Å². The monoisotopic (exact) mass is 283 g/mol. The lowest BCUT2D eigenvalue weighted by Crippen LogP contribution is -1.96. The Bertz CT molecular complexity index is 797. The number of fused-ring (bicyclic) bond motifs is 1. The van der Waals surface area contributed by atoms with E-state index in [4.69, 9.17) is 12.2 Å². The van der Waals surface area contributed by atoms with Gasteiger partial charge in [-0.1, -0.05) is 25.5 Å². The fourth-order valence-electron chi connectivity index (χ4n) is 2.42. The highest BCUT2D eigenvalue weighted by atomic mass is 32.1. The Morgan fingerprint density at radius 2 is 1.90 bits per heavy atom. The zero-order chi connectivity index (χ0) is 14.1. The normalized spacial score (nSPS) is 11.1. The van der Waals surface area contributed by atoms with Crippen molar-refractivity contribution < 1.29 is 0 Å². The van der Waals surface area contributed by atoms with Crippen LogP contribution in [0, 0.1) is 11.7 Å². The van der Waals surface area contributed by atoms with Crippen LogP contribution in [0.5, 0.6) is 0 Å². The molecule has 0 bridgehead atoms. The molecule has 1 aromatic carbocycles. The highest BCUT2D eigenvalue weighted by Crippen LogP contribution is 2.19. The molecule has 3 nitrogen and oxygen atoms in total. The Balaban J connectivity index is 2.15. The lowest BCUT2D eigenvalue weighted by molar-refractivity contribution is 0.919. The summed E-state index contributed by atoms with van der Waals surface area (Å²) in [5, 5.41) is 0. The number of nitrogens with zero attached hydrogens (tertiary/aromatic N) is 2. The first kappa shape index (κ1) is 13.1. The zero-order valence-electron chi connectivity index (χ0n) is 11.7. The van der Waals surface area contributed by atoms with Gasteiger partial charge in [0.25, 0.3) is 0 Å². The Hall–Kier alpha value is -1.94. The Kier molecular flexibility index (Phi) is 3.40. The van der Waals surface area contributed by atoms with Crippen LogP contribution in [-0.2, 0) is 6.42 Å². The number of rotatable bonds is 3. The van der Waals surface area contributed by atoms with Crippen LogP contribution in [0.2, 0.25) is 0 Å². The van der Waals surface area contributed by atoms with Gasteiger partial charge < -0.3 is 4.98 Å². The standard InChI is InChI=1S/C16H17N3S/c1-3-4-12-6-8-13(9-7-12)19-15-14(18-16(19)20)10-5-11(2)17-15/h5-10H,3-4H2,1-2H3,(H,18,20). The fourth-order valence-corrected chi connectivity index (χ4v) is 2.72. The number of aromatic nitrogens is 3. The van der Waals surface area contributed by atoms with E-state index >= 15 is 0 Å². The third kappa shape index (κ3) is 2.27. The maximum atomic E-state index is 5.43. The molecule has 0 spiro atoms. The zero-order valence-corrected chi connectivity index (χ0v) is 12.5. The van der Waals surface area contributed by atoms with Gasteiger partial charge in [0.1, 0.15) is 0 Å². The van der Waals surface area contributed by atoms with E-state index in [9.17, 15) is 0 Å². The average Bonchev–Trinajstić information content (AvgIpc) is 2.76. The van der Waals surface area contributed by atoms with Gasteiger partial charge in [-0.3, -0.25) is 4.57 Å². The molecule has 3 rings (SSSR count). The number of benzene rings is 1. The van der Waals surface area contributed by atoms with E-state index in [0.29, 0.717) is 4.77 Å². The molecule has 0 radical (unpaired) electrons. The Morgan fingerprint density at radius 3 is 2.60 bits per heavy atom. The second-order valence-corrected chi connectivity index (χ2v) is 5.39. The summed E-state index contributed by atoms with van der Waals surface area (Å²) in [5.41, 5.74) is 5.25. The molecule has 102 valence electrons. The summed E-state index contributed by atoms with van der Waals surface area (Å²) in [7, 11) is 0. The summed E-state index contributed by atoms with van der Waals surface area (Å²) < 4.78 is 2.68. The van der Waals surface area contributed by atoms with Crippen LogP contribution in [0.1, 0.15) is 24.6 Å². The quantitative estimate of drug-likeness (QED) is 0.725. The van der Waals surface area contributed by atoms with Crippen LogP contribution in [0.4, 0.5) is 0 Å². The number of H-pyrrole nitrogens is 1. The van der Waals surface area contributed by atoms with Gasteiger partial charge in [0.05, 0.1) is 5.52 Å². The van der Waals surface area contributed by atoms with Gasteiger partial charge in [0.15, 0.2) is 10.4 Å². The second-order valence-electron chi connectivity index (χ2n) is 5.01. The second kappa shape index (κ2) is 5.21. The highest BCUT2D eigenvalue weighted by Gasteiger charge is 2.08. The van der Waals surface area contributed by atoms with Crippen LogP contribution in [0.3, 0.4) is 0 Å². The molecule has 0 aliphatic carbocycles. The molecule has 20 heavy (non-hydrogen) atoms. The third-order valence-electron chi connectivity index (χ3n) is 3.40. The van der Waals surface area contributed by atoms with Crippen molar-refractivity contribution in [1.29, 1.82) is 0 Å². The van der Waals surface area contributed by atoms with Crippen LogP contribution in [0.15, 0.2) is 36.4 Å². The minimum Gasteiger partial charge on any atom is -0.329 e. The summed E-state index contributed by atoms with van der Waals surface area (Å²) in [6.45, 7) is 4.18. The van der Waals surface area contributed by atoms with E-state index in [1.54, 1.807) is 0 Å². The van der Waals surface area contributed by atoms with Crippen LogP contribution < -0.4 is 0 Å². The average molecular weight is 283 g/mol. The smallest absolute Gasteiger partial charge is 0.183 e. The predicted molar refractivity (Wildman–Crippen MR) is 85.0 cm³/mol. The lowest BCUT2D eigenvalue weighted by atomic mass is 10.1. The van der Waals surface area contributed by atoms with Crippen LogP contribution in [0.25, 0.3) is 16.9 Å². The SMILES string of the molecule is CCCc1ccc(-n2c(=S)[nH]c3ccc(C)nc32)cc1. The van der Waals surface area contributed by atoms with E-state index in [-0.39, 0.29) is 0 Å². The van der Waals surface area contributed by atoms with E-state index in [1.807, 2.05) is 23.6 Å². The molecule has 0 fully saturated rings. The van der Waals surface area contributed by atoms with Crippen molar-refractivity contribution in [3.05, 3.63) is 52.4 Å². The molecular weight excluding hydrogens is 266 g/mol. The maximum Gasteiger partial charge on any atom is 0.183 e. The van der Waals surface area contributed by atoms with Crippen LogP contribution in [-0.4, -0.2) is 14.5 Å². The number of hydrogen-bond acceptors (Lipinski definition) is 2. The van der Waals surface area contributed by atoms with Crippen LogP contribution >= 0.6 is 12.2 Å². The largest absolute Gasteiger partial charge is 0.329 e. The van der Waals surface area contributed by atoms with Gasteiger partial charge in [-0.2, -0.15) is 0 Å². The van der Waals surface area contributed by atoms with Crippen molar-refractivity contribution in [2.75, 3.05) is 0 Å². The molecule has 4 heteroatoms. The van der Waals surface area contributed by atoms with Crippen molar-refractivity contribution in [2.45, 2.75) is 26.7 Å². The molecule has 3 aromatic rings. The number of aromatic amines is 1. The first-order valence-corrected chi connectivity index (χ1v) is 7.27. The van der Waals surface area contributed by atoms with E-state index in [2.05, 4.69) is 41.2 Å². The summed E-state index contributed by atoms with van der Waals surface area (Å²) in [6.07, 6.45) is 2.27. The van der Waals surface area contributed by atoms with E-state index in [1.165, 1.54) is 5.56 Å². The summed E-state index contributed by atoms with van der Waals surface area (Å²) >= 11 is 5.43. The summed E-state index contributed by atoms with van der Waals surface area (Å²) in [4.78, 5) is 7.80. The minimum atomic E-state index is 0.682. The summed E-state index contributed by atoms with van der Waals surface area (Å²) in [5.74, 6) is 0. The molecule has 0 saturated carbocycles. The number of aryl methyl sites for hydroxylation is 2. The first-order valence-electron chi connectivity index (χ1n) is 6.86. The van der Waals surface area contributed by atoms with Gasteiger partial charge in [-0.05, 0) is 55.4 Å². The topological polar surface area (TPSA) is 33.6 Å². The molecular formula is C16H17N3S. The fraction of sp³-hybridized carbons (Fsp3) is 0.250.